The zero-order valence-corrected chi connectivity index (χ0v) is 11.9. The van der Waals surface area contributed by atoms with Crippen LogP contribution in [0.25, 0.3) is 0 Å². The van der Waals surface area contributed by atoms with E-state index in [2.05, 4.69) is 22.1 Å². The van der Waals surface area contributed by atoms with Crippen molar-refractivity contribution >= 4 is 5.95 Å². The summed E-state index contributed by atoms with van der Waals surface area (Å²) in [5.74, 6) is 0.361. The Morgan fingerprint density at radius 3 is 2.65 bits per heavy atom. The summed E-state index contributed by atoms with van der Waals surface area (Å²) in [7, 11) is 0. The Labute approximate surface area is 120 Å². The zero-order valence-electron chi connectivity index (χ0n) is 11.9. The minimum atomic E-state index is 0.361. The Balaban J connectivity index is 1.62. The van der Waals surface area contributed by atoms with Gasteiger partial charge in [0, 0.05) is 18.0 Å². The molecule has 0 atom stereocenters. The van der Waals surface area contributed by atoms with Crippen LogP contribution in [0.4, 0.5) is 5.95 Å². The molecule has 1 aromatic carbocycles. The van der Waals surface area contributed by atoms with E-state index in [0.29, 0.717) is 12.6 Å². The molecule has 0 saturated heterocycles. The molecule has 0 bridgehead atoms. The highest BCUT2D eigenvalue weighted by molar-refractivity contribution is 5.21. The van der Waals surface area contributed by atoms with Crippen LogP contribution in [0.2, 0.25) is 0 Å². The summed E-state index contributed by atoms with van der Waals surface area (Å²) >= 11 is 0. The number of aromatic nitrogens is 2. The first kappa shape index (κ1) is 14.5. The maximum absolute atomic E-state index is 5.65. The first-order chi connectivity index (χ1) is 9.74. The highest BCUT2D eigenvalue weighted by Crippen LogP contribution is 2.07. The van der Waals surface area contributed by atoms with Crippen LogP contribution in [-0.4, -0.2) is 16.6 Å². The third-order valence-electron chi connectivity index (χ3n) is 3.01. The molecule has 1 heterocycles. The van der Waals surface area contributed by atoms with Crippen LogP contribution in [0.5, 0.6) is 0 Å². The Morgan fingerprint density at radius 1 is 1.10 bits per heavy atom. The number of hydrogen-bond acceptors (Lipinski definition) is 4. The first-order valence-electron chi connectivity index (χ1n) is 6.96. The van der Waals surface area contributed by atoms with Crippen LogP contribution < -0.4 is 5.73 Å². The van der Waals surface area contributed by atoms with Crippen molar-refractivity contribution in [1.29, 1.82) is 0 Å². The molecule has 106 valence electrons. The summed E-state index contributed by atoms with van der Waals surface area (Å²) in [4.78, 5) is 8.29. The average molecular weight is 271 g/mol. The third-order valence-corrected chi connectivity index (χ3v) is 3.01. The molecule has 0 radical (unpaired) electrons. The van der Waals surface area contributed by atoms with E-state index in [-0.39, 0.29) is 0 Å². The maximum atomic E-state index is 5.65. The third kappa shape index (κ3) is 4.97. The monoisotopic (exact) mass is 271 g/mol. The molecule has 4 nitrogen and oxygen atoms in total. The van der Waals surface area contributed by atoms with Crippen molar-refractivity contribution in [3.63, 3.8) is 0 Å². The average Bonchev–Trinajstić information content (AvgIpc) is 2.43. The molecule has 1 aromatic heterocycles. The van der Waals surface area contributed by atoms with Gasteiger partial charge in [0.1, 0.15) is 0 Å². The van der Waals surface area contributed by atoms with Gasteiger partial charge in [-0.2, -0.15) is 0 Å². The Morgan fingerprint density at radius 2 is 1.90 bits per heavy atom. The fraction of sp³-hybridized carbons (Fsp3) is 0.375. The maximum Gasteiger partial charge on any atom is 0.220 e. The van der Waals surface area contributed by atoms with Gasteiger partial charge in [0.2, 0.25) is 5.95 Å². The van der Waals surface area contributed by atoms with Crippen molar-refractivity contribution in [2.45, 2.75) is 32.8 Å². The van der Waals surface area contributed by atoms with Crippen molar-refractivity contribution in [3.8, 4) is 0 Å². The molecule has 0 unspecified atom stereocenters. The van der Waals surface area contributed by atoms with E-state index in [0.717, 1.165) is 37.3 Å². The quantitative estimate of drug-likeness (QED) is 0.787. The molecule has 2 N–H and O–H groups in total. The second kappa shape index (κ2) is 7.60. The van der Waals surface area contributed by atoms with Gasteiger partial charge in [0.05, 0.1) is 6.61 Å². The molecule has 0 amide bonds. The van der Waals surface area contributed by atoms with Crippen molar-refractivity contribution < 1.29 is 4.74 Å². The SMILES string of the molecule is Cc1cc(CCCCOCc2ccccc2)nc(N)n1. The molecule has 0 aliphatic carbocycles. The molecule has 0 saturated carbocycles. The molecule has 20 heavy (non-hydrogen) atoms. The predicted octanol–water partition coefficient (Wildman–Crippen LogP) is 2.91. The van der Waals surface area contributed by atoms with Gasteiger partial charge in [-0.15, -0.1) is 0 Å². The Hall–Kier alpha value is -1.94. The molecule has 0 spiro atoms. The lowest BCUT2D eigenvalue weighted by atomic mass is 10.2. The van der Waals surface area contributed by atoms with Crippen LogP contribution in [0.3, 0.4) is 0 Å². The number of nitrogen functional groups attached to an aromatic ring is 1. The lowest BCUT2D eigenvalue weighted by Gasteiger charge is -2.05. The molecule has 2 rings (SSSR count). The number of benzene rings is 1. The van der Waals surface area contributed by atoms with Crippen molar-refractivity contribution in [1.82, 2.24) is 9.97 Å². The number of anilines is 1. The lowest BCUT2D eigenvalue weighted by molar-refractivity contribution is 0.117. The van der Waals surface area contributed by atoms with Crippen molar-refractivity contribution in [3.05, 3.63) is 53.3 Å². The molecular weight excluding hydrogens is 250 g/mol. The highest BCUT2D eigenvalue weighted by Gasteiger charge is 1.99. The fourth-order valence-corrected chi connectivity index (χ4v) is 2.06. The molecule has 0 aliphatic rings. The van der Waals surface area contributed by atoms with Crippen LogP contribution in [0.1, 0.15) is 29.8 Å². The number of nitrogens with two attached hydrogens (primary N) is 1. The van der Waals surface area contributed by atoms with Crippen LogP contribution in [0, 0.1) is 6.92 Å². The summed E-state index contributed by atoms with van der Waals surface area (Å²) in [6, 6.07) is 12.2. The van der Waals surface area contributed by atoms with Crippen LogP contribution >= 0.6 is 0 Å². The minimum Gasteiger partial charge on any atom is -0.377 e. The van der Waals surface area contributed by atoms with E-state index in [1.54, 1.807) is 0 Å². The van der Waals surface area contributed by atoms with E-state index in [9.17, 15) is 0 Å². The molecule has 0 aliphatic heterocycles. The topological polar surface area (TPSA) is 61.0 Å². The Bertz CT molecular complexity index is 508. The molecule has 4 heteroatoms. The van der Waals surface area contributed by atoms with Gasteiger partial charge in [-0.25, -0.2) is 9.97 Å². The molecule has 2 aromatic rings. The summed E-state index contributed by atoms with van der Waals surface area (Å²) < 4.78 is 5.65. The van der Waals surface area contributed by atoms with E-state index in [4.69, 9.17) is 10.5 Å². The molecular formula is C16H21N3O. The van der Waals surface area contributed by atoms with Crippen LogP contribution in [-0.2, 0) is 17.8 Å². The van der Waals surface area contributed by atoms with Gasteiger partial charge in [-0.05, 0) is 37.8 Å². The zero-order chi connectivity index (χ0) is 14.2. The first-order valence-corrected chi connectivity index (χ1v) is 6.96. The van der Waals surface area contributed by atoms with Gasteiger partial charge < -0.3 is 10.5 Å². The number of unbranched alkanes of at least 4 members (excludes halogenated alkanes) is 1. The second-order valence-corrected chi connectivity index (χ2v) is 4.85. The van der Waals surface area contributed by atoms with E-state index < -0.39 is 0 Å². The van der Waals surface area contributed by atoms with Crippen molar-refractivity contribution in [2.75, 3.05) is 12.3 Å². The number of nitrogens with zero attached hydrogens (tertiary/aromatic N) is 2. The van der Waals surface area contributed by atoms with Crippen molar-refractivity contribution in [2.24, 2.45) is 0 Å². The van der Waals surface area contributed by atoms with E-state index in [1.807, 2.05) is 31.2 Å². The largest absolute Gasteiger partial charge is 0.377 e. The fourth-order valence-electron chi connectivity index (χ4n) is 2.06. The van der Waals surface area contributed by atoms with Crippen LogP contribution in [0.15, 0.2) is 36.4 Å². The summed E-state index contributed by atoms with van der Waals surface area (Å²) in [6.07, 6.45) is 2.99. The van der Waals surface area contributed by atoms with E-state index in [1.165, 1.54) is 5.56 Å². The van der Waals surface area contributed by atoms with Gasteiger partial charge in [-0.3, -0.25) is 0 Å². The van der Waals surface area contributed by atoms with Gasteiger partial charge >= 0.3 is 0 Å². The van der Waals surface area contributed by atoms with Gasteiger partial charge in [-0.1, -0.05) is 30.3 Å². The summed E-state index contributed by atoms with van der Waals surface area (Å²) in [5.41, 5.74) is 8.78. The number of ether oxygens (including phenoxy) is 1. The minimum absolute atomic E-state index is 0.361. The number of rotatable bonds is 7. The highest BCUT2D eigenvalue weighted by atomic mass is 16.5. The summed E-state index contributed by atoms with van der Waals surface area (Å²) in [6.45, 7) is 3.39. The predicted molar refractivity (Wildman–Crippen MR) is 80.2 cm³/mol. The van der Waals surface area contributed by atoms with E-state index >= 15 is 0 Å². The number of aryl methyl sites for hydroxylation is 2. The van der Waals surface area contributed by atoms with Gasteiger partial charge in [0.15, 0.2) is 0 Å². The standard InChI is InChI=1S/C16H21N3O/c1-13-11-15(19-16(17)18-13)9-5-6-10-20-12-14-7-3-2-4-8-14/h2-4,7-8,11H,5-6,9-10,12H2,1H3,(H2,17,18,19). The van der Waals surface area contributed by atoms with Gasteiger partial charge in [0.25, 0.3) is 0 Å². The lowest BCUT2D eigenvalue weighted by Crippen LogP contribution is -2.02. The normalized spacial score (nSPS) is 10.7. The number of hydrogen-bond donors (Lipinski definition) is 1. The second-order valence-electron chi connectivity index (χ2n) is 4.85. The Kier molecular flexibility index (Phi) is 5.50. The summed E-state index contributed by atoms with van der Waals surface area (Å²) in [5, 5.41) is 0. The smallest absolute Gasteiger partial charge is 0.220 e. The molecule has 0 fully saturated rings.